The Morgan fingerprint density at radius 2 is 1.79 bits per heavy atom. The molecule has 0 radical (unpaired) electrons. The summed E-state index contributed by atoms with van der Waals surface area (Å²) in [5.74, 6) is 2.30. The van der Waals surface area contributed by atoms with Crippen LogP contribution >= 0.6 is 11.6 Å². The van der Waals surface area contributed by atoms with Crippen molar-refractivity contribution < 1.29 is 8.42 Å². The highest BCUT2D eigenvalue weighted by Gasteiger charge is 2.28. The number of halogens is 1. The lowest BCUT2D eigenvalue weighted by Gasteiger charge is -2.34. The van der Waals surface area contributed by atoms with Gasteiger partial charge in [-0.2, -0.15) is 4.31 Å². The van der Waals surface area contributed by atoms with E-state index in [0.717, 1.165) is 17.5 Å². The van der Waals surface area contributed by atoms with Crippen molar-refractivity contribution in [3.8, 4) is 5.82 Å². The van der Waals surface area contributed by atoms with Crippen LogP contribution in [0, 0.1) is 6.92 Å². The third-order valence-electron chi connectivity index (χ3n) is 4.90. The van der Waals surface area contributed by atoms with E-state index in [1.165, 1.54) is 10.6 Å². The van der Waals surface area contributed by atoms with Gasteiger partial charge in [0, 0.05) is 49.7 Å². The Balaban J connectivity index is 1.44. The Bertz CT molecular complexity index is 1110. The number of hydrogen-bond acceptors (Lipinski definition) is 6. The van der Waals surface area contributed by atoms with Crippen molar-refractivity contribution in [2.24, 2.45) is 0 Å². The standard InChI is InChI=1S/C19H21ClN6O2S/c1-15-21-5-6-26(15)19-12-18(22-14-23-19)24-7-9-25(10-8-24)29(27,28)13-16-3-2-4-17(20)11-16/h2-6,11-12,14H,7-10,13H2,1H3. The molecule has 8 nitrogen and oxygen atoms in total. The van der Waals surface area contributed by atoms with Crippen LogP contribution in [0.2, 0.25) is 5.02 Å². The van der Waals surface area contributed by atoms with Crippen molar-refractivity contribution in [2.45, 2.75) is 12.7 Å². The molecule has 0 bridgehead atoms. The Kier molecular flexibility index (Phi) is 5.53. The quantitative estimate of drug-likeness (QED) is 0.615. The minimum absolute atomic E-state index is 0.0505. The first-order chi connectivity index (χ1) is 13.9. The van der Waals surface area contributed by atoms with Gasteiger partial charge in [0.05, 0.1) is 5.75 Å². The van der Waals surface area contributed by atoms with Crippen LogP contribution in [0.25, 0.3) is 5.82 Å². The molecule has 4 rings (SSSR count). The fraction of sp³-hybridized carbons (Fsp3) is 0.316. The maximum Gasteiger partial charge on any atom is 0.218 e. The minimum atomic E-state index is -3.41. The molecule has 152 valence electrons. The second-order valence-corrected chi connectivity index (χ2v) is 9.26. The average molecular weight is 433 g/mol. The Labute approximate surface area is 174 Å². The van der Waals surface area contributed by atoms with Crippen molar-refractivity contribution in [3.63, 3.8) is 0 Å². The zero-order valence-electron chi connectivity index (χ0n) is 15.9. The highest BCUT2D eigenvalue weighted by atomic mass is 35.5. The van der Waals surface area contributed by atoms with Gasteiger partial charge in [0.2, 0.25) is 10.0 Å². The van der Waals surface area contributed by atoms with Crippen LogP contribution in [-0.4, -0.2) is 58.4 Å². The lowest BCUT2D eigenvalue weighted by molar-refractivity contribution is 0.383. The van der Waals surface area contributed by atoms with Gasteiger partial charge in [-0.3, -0.25) is 4.57 Å². The number of benzene rings is 1. The van der Waals surface area contributed by atoms with E-state index in [-0.39, 0.29) is 5.75 Å². The van der Waals surface area contributed by atoms with Gasteiger partial charge in [-0.15, -0.1) is 0 Å². The summed E-state index contributed by atoms with van der Waals surface area (Å²) in [6.45, 7) is 3.85. The molecule has 3 heterocycles. The van der Waals surface area contributed by atoms with Gasteiger partial charge in [-0.05, 0) is 24.6 Å². The number of hydrogen-bond donors (Lipinski definition) is 0. The third kappa shape index (κ3) is 4.42. The first kappa shape index (κ1) is 19.8. The summed E-state index contributed by atoms with van der Waals surface area (Å²) in [4.78, 5) is 15.0. The van der Waals surface area contributed by atoms with Gasteiger partial charge in [-0.1, -0.05) is 23.7 Å². The number of rotatable bonds is 5. The van der Waals surface area contributed by atoms with Crippen molar-refractivity contribution in [1.82, 2.24) is 23.8 Å². The number of aryl methyl sites for hydroxylation is 1. The van der Waals surface area contributed by atoms with Crippen molar-refractivity contribution in [1.29, 1.82) is 0 Å². The van der Waals surface area contributed by atoms with Gasteiger partial charge in [0.1, 0.15) is 23.8 Å². The monoisotopic (exact) mass is 432 g/mol. The second kappa shape index (κ2) is 8.10. The Morgan fingerprint density at radius 1 is 1.03 bits per heavy atom. The van der Waals surface area contributed by atoms with Crippen LogP contribution in [0.5, 0.6) is 0 Å². The van der Waals surface area contributed by atoms with Gasteiger partial charge in [0.15, 0.2) is 0 Å². The van der Waals surface area contributed by atoms with Crippen LogP contribution in [0.1, 0.15) is 11.4 Å². The lowest BCUT2D eigenvalue weighted by Crippen LogP contribution is -2.49. The molecule has 2 aromatic heterocycles. The van der Waals surface area contributed by atoms with E-state index in [2.05, 4.69) is 19.9 Å². The molecule has 29 heavy (non-hydrogen) atoms. The molecule has 1 aromatic carbocycles. The summed E-state index contributed by atoms with van der Waals surface area (Å²) >= 11 is 5.97. The van der Waals surface area contributed by atoms with E-state index < -0.39 is 10.0 Å². The lowest BCUT2D eigenvalue weighted by atomic mass is 10.2. The molecule has 0 unspecified atom stereocenters. The molecular formula is C19H21ClN6O2S. The molecule has 3 aromatic rings. The molecule has 1 aliphatic rings. The Hall–Kier alpha value is -2.49. The van der Waals surface area contributed by atoms with E-state index >= 15 is 0 Å². The summed E-state index contributed by atoms with van der Waals surface area (Å²) in [5, 5.41) is 0.537. The average Bonchev–Trinajstić information content (AvgIpc) is 3.14. The van der Waals surface area contributed by atoms with Crippen LogP contribution < -0.4 is 4.90 Å². The largest absolute Gasteiger partial charge is 0.354 e. The highest BCUT2D eigenvalue weighted by Crippen LogP contribution is 2.20. The normalized spacial score (nSPS) is 15.6. The second-order valence-electron chi connectivity index (χ2n) is 6.85. The number of piperazine rings is 1. The molecule has 1 fully saturated rings. The first-order valence-corrected chi connectivity index (χ1v) is 11.2. The smallest absolute Gasteiger partial charge is 0.218 e. The Morgan fingerprint density at radius 3 is 2.48 bits per heavy atom. The van der Waals surface area contributed by atoms with Crippen molar-refractivity contribution >= 4 is 27.4 Å². The van der Waals surface area contributed by atoms with Crippen LogP contribution in [0.3, 0.4) is 0 Å². The summed E-state index contributed by atoms with van der Waals surface area (Å²) in [6, 6.07) is 8.86. The molecule has 0 spiro atoms. The zero-order chi connectivity index (χ0) is 20.4. The molecule has 0 atom stereocenters. The number of imidazole rings is 1. The maximum atomic E-state index is 12.8. The first-order valence-electron chi connectivity index (χ1n) is 9.22. The molecule has 1 saturated heterocycles. The predicted octanol–water partition coefficient (Wildman–Crippen LogP) is 2.28. The van der Waals surface area contributed by atoms with E-state index in [1.807, 2.05) is 23.8 Å². The SMILES string of the molecule is Cc1nccn1-c1cc(N2CCN(S(=O)(=O)Cc3cccc(Cl)c3)CC2)ncn1. The topological polar surface area (TPSA) is 84.2 Å². The van der Waals surface area contributed by atoms with Gasteiger partial charge in [0.25, 0.3) is 0 Å². The number of sulfonamides is 1. The van der Waals surface area contributed by atoms with Gasteiger partial charge >= 0.3 is 0 Å². The fourth-order valence-corrected chi connectivity index (χ4v) is 5.10. The summed E-state index contributed by atoms with van der Waals surface area (Å²) < 4.78 is 29.0. The van der Waals surface area contributed by atoms with Crippen molar-refractivity contribution in [3.05, 3.63) is 65.5 Å². The molecule has 0 saturated carbocycles. The molecule has 10 heteroatoms. The summed E-state index contributed by atoms with van der Waals surface area (Å²) in [5.41, 5.74) is 0.691. The molecular weight excluding hydrogens is 412 g/mol. The van der Waals surface area contributed by atoms with E-state index in [4.69, 9.17) is 11.6 Å². The van der Waals surface area contributed by atoms with Gasteiger partial charge < -0.3 is 4.90 Å². The minimum Gasteiger partial charge on any atom is -0.354 e. The molecule has 1 aliphatic heterocycles. The summed E-state index contributed by atoms with van der Waals surface area (Å²) in [7, 11) is -3.41. The predicted molar refractivity (Wildman–Crippen MR) is 112 cm³/mol. The zero-order valence-corrected chi connectivity index (χ0v) is 17.5. The molecule has 0 aliphatic carbocycles. The van der Waals surface area contributed by atoms with Crippen LogP contribution in [-0.2, 0) is 15.8 Å². The fourth-order valence-electron chi connectivity index (χ4n) is 3.39. The maximum absolute atomic E-state index is 12.8. The van der Waals surface area contributed by atoms with E-state index in [1.54, 1.807) is 30.5 Å². The van der Waals surface area contributed by atoms with Gasteiger partial charge in [-0.25, -0.2) is 23.4 Å². The van der Waals surface area contributed by atoms with Crippen LogP contribution in [0.15, 0.2) is 49.1 Å². The number of aromatic nitrogens is 4. The van der Waals surface area contributed by atoms with E-state index in [0.29, 0.717) is 36.8 Å². The summed E-state index contributed by atoms with van der Waals surface area (Å²) in [6.07, 6.45) is 5.09. The van der Waals surface area contributed by atoms with Crippen molar-refractivity contribution in [2.75, 3.05) is 31.1 Å². The van der Waals surface area contributed by atoms with Crippen LogP contribution in [0.4, 0.5) is 5.82 Å². The number of anilines is 1. The molecule has 0 N–H and O–H groups in total. The number of nitrogens with zero attached hydrogens (tertiary/aromatic N) is 6. The third-order valence-corrected chi connectivity index (χ3v) is 6.99. The van der Waals surface area contributed by atoms with E-state index in [9.17, 15) is 8.42 Å². The molecule has 0 amide bonds. The highest BCUT2D eigenvalue weighted by molar-refractivity contribution is 7.88.